The van der Waals surface area contributed by atoms with Crippen molar-refractivity contribution in [1.82, 2.24) is 15.1 Å². The number of H-pyrrole nitrogens is 1. The van der Waals surface area contributed by atoms with Gasteiger partial charge in [0.05, 0.1) is 24.7 Å². The van der Waals surface area contributed by atoms with Gasteiger partial charge in [-0.2, -0.15) is 5.10 Å². The third-order valence-corrected chi connectivity index (χ3v) is 2.86. The fourth-order valence-corrected chi connectivity index (χ4v) is 1.79. The summed E-state index contributed by atoms with van der Waals surface area (Å²) in [5, 5.41) is 11.6. The van der Waals surface area contributed by atoms with Crippen molar-refractivity contribution in [3.63, 3.8) is 0 Å². The summed E-state index contributed by atoms with van der Waals surface area (Å²) >= 11 is 0. The molecule has 0 radical (unpaired) electrons. The molecule has 0 bridgehead atoms. The van der Waals surface area contributed by atoms with E-state index in [1.54, 1.807) is 38.5 Å². The van der Waals surface area contributed by atoms with Crippen LogP contribution in [-0.4, -0.2) is 48.2 Å². The summed E-state index contributed by atoms with van der Waals surface area (Å²) in [6.07, 6.45) is 3.03. The Morgan fingerprint density at radius 1 is 1.27 bits per heavy atom. The van der Waals surface area contributed by atoms with Crippen LogP contribution in [0.3, 0.4) is 0 Å². The number of carbonyl (C=O) groups is 2. The summed E-state index contributed by atoms with van der Waals surface area (Å²) < 4.78 is 5.22. The van der Waals surface area contributed by atoms with Crippen LogP contribution >= 0.6 is 0 Å². The van der Waals surface area contributed by atoms with E-state index < -0.39 is 6.03 Å². The number of rotatable bonds is 4. The molecule has 3 N–H and O–H groups in total. The summed E-state index contributed by atoms with van der Waals surface area (Å²) in [7, 11) is 4.80. The lowest BCUT2D eigenvalue weighted by Gasteiger charge is -2.14. The van der Waals surface area contributed by atoms with Crippen LogP contribution in [0.4, 0.5) is 16.2 Å². The monoisotopic (exact) mass is 303 g/mol. The quantitative estimate of drug-likeness (QED) is 0.801. The molecule has 0 spiro atoms. The number of aromatic amines is 1. The third-order valence-electron chi connectivity index (χ3n) is 2.86. The number of benzene rings is 1. The normalized spacial score (nSPS) is 9.95. The highest BCUT2D eigenvalue weighted by molar-refractivity contribution is 6.01. The zero-order valence-corrected chi connectivity index (χ0v) is 12.5. The number of amides is 3. The second kappa shape index (κ2) is 6.61. The average Bonchev–Trinajstić information content (AvgIpc) is 2.99. The van der Waals surface area contributed by atoms with E-state index in [2.05, 4.69) is 20.8 Å². The summed E-state index contributed by atoms with van der Waals surface area (Å²) in [5.41, 5.74) is 1.47. The lowest BCUT2D eigenvalue weighted by Crippen LogP contribution is -2.22. The molecule has 1 aromatic carbocycles. The van der Waals surface area contributed by atoms with Gasteiger partial charge >= 0.3 is 6.03 Å². The van der Waals surface area contributed by atoms with E-state index in [4.69, 9.17) is 4.74 Å². The van der Waals surface area contributed by atoms with Gasteiger partial charge in [0.15, 0.2) is 0 Å². The van der Waals surface area contributed by atoms with Gasteiger partial charge in [0.1, 0.15) is 5.75 Å². The molecule has 8 nitrogen and oxygen atoms in total. The van der Waals surface area contributed by atoms with E-state index in [1.165, 1.54) is 18.2 Å². The first-order valence-electron chi connectivity index (χ1n) is 6.47. The highest BCUT2D eigenvalue weighted by atomic mass is 16.5. The van der Waals surface area contributed by atoms with Gasteiger partial charge in [0, 0.05) is 25.9 Å². The molecule has 1 heterocycles. The second-order valence-electron chi connectivity index (χ2n) is 4.68. The Morgan fingerprint density at radius 2 is 2.05 bits per heavy atom. The van der Waals surface area contributed by atoms with E-state index in [9.17, 15) is 9.59 Å². The Morgan fingerprint density at radius 3 is 2.64 bits per heavy atom. The maximum Gasteiger partial charge on any atom is 0.323 e. The fourth-order valence-electron chi connectivity index (χ4n) is 1.79. The Balaban J connectivity index is 2.13. The molecule has 0 atom stereocenters. The van der Waals surface area contributed by atoms with Crippen molar-refractivity contribution in [2.75, 3.05) is 31.8 Å². The van der Waals surface area contributed by atoms with Crippen LogP contribution < -0.4 is 15.4 Å². The minimum Gasteiger partial charge on any atom is -0.495 e. The van der Waals surface area contributed by atoms with Gasteiger partial charge in [-0.15, -0.1) is 0 Å². The van der Waals surface area contributed by atoms with Gasteiger partial charge in [0.2, 0.25) is 0 Å². The SMILES string of the molecule is COc1cc(C(=O)N(C)C)ccc1NC(=O)Nc1cn[nH]c1. The third kappa shape index (κ3) is 3.54. The Labute approximate surface area is 127 Å². The van der Waals surface area contributed by atoms with Crippen molar-refractivity contribution in [2.45, 2.75) is 0 Å². The Kier molecular flexibility index (Phi) is 4.62. The smallest absolute Gasteiger partial charge is 0.323 e. The fraction of sp³-hybridized carbons (Fsp3) is 0.214. The predicted octanol–water partition coefficient (Wildman–Crippen LogP) is 1.76. The molecule has 0 fully saturated rings. The van der Waals surface area contributed by atoms with E-state index in [0.717, 1.165) is 0 Å². The zero-order valence-electron chi connectivity index (χ0n) is 12.5. The molecule has 0 aliphatic heterocycles. The van der Waals surface area contributed by atoms with Crippen LogP contribution in [0.15, 0.2) is 30.6 Å². The highest BCUT2D eigenvalue weighted by Crippen LogP contribution is 2.26. The standard InChI is InChI=1S/C14H17N5O3/c1-19(2)13(20)9-4-5-11(12(6-9)22-3)18-14(21)17-10-7-15-16-8-10/h4-8H,1-3H3,(H,15,16)(H2,17,18,21). The predicted molar refractivity (Wildman–Crippen MR) is 82.2 cm³/mol. The van der Waals surface area contributed by atoms with Crippen LogP contribution in [0.25, 0.3) is 0 Å². The minimum atomic E-state index is -0.439. The number of nitrogens with one attached hydrogen (secondary N) is 3. The summed E-state index contributed by atoms with van der Waals surface area (Å²) in [4.78, 5) is 25.3. The summed E-state index contributed by atoms with van der Waals surface area (Å²) in [5.74, 6) is 0.253. The number of nitrogens with zero attached hydrogens (tertiary/aromatic N) is 2. The number of aromatic nitrogens is 2. The molecular weight excluding hydrogens is 286 g/mol. The molecular formula is C14H17N5O3. The summed E-state index contributed by atoms with van der Waals surface area (Å²) in [6.45, 7) is 0. The topological polar surface area (TPSA) is 99.3 Å². The molecule has 0 aliphatic carbocycles. The number of methoxy groups -OCH3 is 1. The number of carbonyl (C=O) groups excluding carboxylic acids is 2. The first-order valence-corrected chi connectivity index (χ1v) is 6.47. The molecule has 8 heteroatoms. The molecule has 0 saturated carbocycles. The first kappa shape index (κ1) is 15.4. The zero-order chi connectivity index (χ0) is 16.1. The molecule has 2 aromatic rings. The maximum atomic E-state index is 11.9. The van der Waals surface area contributed by atoms with Crippen molar-refractivity contribution in [3.05, 3.63) is 36.2 Å². The Hall–Kier alpha value is -3.03. The minimum absolute atomic E-state index is 0.146. The number of hydrogen-bond acceptors (Lipinski definition) is 4. The maximum absolute atomic E-state index is 11.9. The van der Waals surface area contributed by atoms with Crippen LogP contribution in [0.2, 0.25) is 0 Å². The van der Waals surface area contributed by atoms with Gasteiger partial charge in [0.25, 0.3) is 5.91 Å². The number of anilines is 2. The molecule has 116 valence electrons. The van der Waals surface area contributed by atoms with E-state index in [-0.39, 0.29) is 5.91 Å². The van der Waals surface area contributed by atoms with Crippen LogP contribution in [-0.2, 0) is 0 Å². The van der Waals surface area contributed by atoms with Crippen LogP contribution in [0.1, 0.15) is 10.4 Å². The van der Waals surface area contributed by atoms with Crippen LogP contribution in [0.5, 0.6) is 5.75 Å². The van der Waals surface area contributed by atoms with E-state index in [1.807, 2.05) is 0 Å². The average molecular weight is 303 g/mol. The van der Waals surface area contributed by atoms with Gasteiger partial charge in [-0.25, -0.2) is 4.79 Å². The lowest BCUT2D eigenvalue weighted by atomic mass is 10.1. The highest BCUT2D eigenvalue weighted by Gasteiger charge is 2.13. The van der Waals surface area contributed by atoms with Crippen molar-refractivity contribution in [2.24, 2.45) is 0 Å². The van der Waals surface area contributed by atoms with Gasteiger partial charge in [-0.1, -0.05) is 0 Å². The van der Waals surface area contributed by atoms with Crippen LogP contribution in [0, 0.1) is 0 Å². The molecule has 0 saturated heterocycles. The van der Waals surface area contributed by atoms with Crippen molar-refractivity contribution < 1.29 is 14.3 Å². The number of urea groups is 1. The molecule has 0 unspecified atom stereocenters. The van der Waals surface area contributed by atoms with Crippen molar-refractivity contribution in [1.29, 1.82) is 0 Å². The van der Waals surface area contributed by atoms with E-state index >= 15 is 0 Å². The molecule has 0 aliphatic rings. The first-order chi connectivity index (χ1) is 10.5. The Bertz CT molecular complexity index is 667. The molecule has 1 aromatic heterocycles. The number of ether oxygens (including phenoxy) is 1. The second-order valence-corrected chi connectivity index (χ2v) is 4.68. The van der Waals surface area contributed by atoms with Gasteiger partial charge in [-0.05, 0) is 18.2 Å². The van der Waals surface area contributed by atoms with Gasteiger partial charge < -0.3 is 20.3 Å². The number of hydrogen-bond donors (Lipinski definition) is 3. The molecule has 3 amide bonds. The largest absolute Gasteiger partial charge is 0.495 e. The van der Waals surface area contributed by atoms with Gasteiger partial charge in [-0.3, -0.25) is 9.89 Å². The lowest BCUT2D eigenvalue weighted by molar-refractivity contribution is 0.0827. The molecule has 22 heavy (non-hydrogen) atoms. The van der Waals surface area contributed by atoms with Crippen molar-refractivity contribution >= 4 is 23.3 Å². The summed E-state index contributed by atoms with van der Waals surface area (Å²) in [6, 6.07) is 4.38. The molecule has 2 rings (SSSR count). The van der Waals surface area contributed by atoms with E-state index in [0.29, 0.717) is 22.7 Å². The van der Waals surface area contributed by atoms with Crippen molar-refractivity contribution in [3.8, 4) is 5.75 Å².